The zero-order chi connectivity index (χ0) is 12.3. The van der Waals surface area contributed by atoms with Gasteiger partial charge in [0.2, 0.25) is 5.91 Å². The minimum Gasteiger partial charge on any atom is -0.370 e. The van der Waals surface area contributed by atoms with Crippen molar-refractivity contribution in [3.8, 4) is 0 Å². The molecular formula is C12H15N3O2. The van der Waals surface area contributed by atoms with Crippen molar-refractivity contribution in [1.29, 1.82) is 0 Å². The zero-order valence-electron chi connectivity index (χ0n) is 9.48. The number of primary amides is 1. The minimum absolute atomic E-state index is 0.106. The van der Waals surface area contributed by atoms with E-state index in [0.29, 0.717) is 19.4 Å². The molecule has 3 N–H and O–H groups in total. The second-order valence-electron chi connectivity index (χ2n) is 4.02. The maximum absolute atomic E-state index is 11.7. The lowest BCUT2D eigenvalue weighted by atomic mass is 10.2. The molecular weight excluding hydrogens is 218 g/mol. The molecule has 0 saturated carbocycles. The van der Waals surface area contributed by atoms with Gasteiger partial charge < -0.3 is 10.7 Å². The highest BCUT2D eigenvalue weighted by Crippen LogP contribution is 2.10. The molecule has 5 nitrogen and oxygen atoms in total. The highest BCUT2D eigenvalue weighted by molar-refractivity contribution is 5.75. The minimum atomic E-state index is -0.295. The summed E-state index contributed by atoms with van der Waals surface area (Å²) in [5.74, 6) is -0.295. The summed E-state index contributed by atoms with van der Waals surface area (Å²) in [5, 5.41) is 0. The number of H-pyrrole nitrogens is 1. The van der Waals surface area contributed by atoms with Crippen molar-refractivity contribution >= 4 is 16.9 Å². The van der Waals surface area contributed by atoms with Crippen LogP contribution in [0.2, 0.25) is 0 Å². The first kappa shape index (κ1) is 11.4. The molecule has 17 heavy (non-hydrogen) atoms. The van der Waals surface area contributed by atoms with Gasteiger partial charge in [-0.05, 0) is 25.0 Å². The van der Waals surface area contributed by atoms with Gasteiger partial charge in [0.1, 0.15) is 0 Å². The van der Waals surface area contributed by atoms with Crippen molar-refractivity contribution < 1.29 is 4.79 Å². The highest BCUT2D eigenvalue weighted by Gasteiger charge is 2.05. The predicted molar refractivity (Wildman–Crippen MR) is 65.6 cm³/mol. The Morgan fingerprint density at radius 1 is 1.29 bits per heavy atom. The molecule has 0 aliphatic heterocycles. The summed E-state index contributed by atoms with van der Waals surface area (Å²) in [6, 6.07) is 7.56. The predicted octanol–water partition coefficient (Wildman–Crippen LogP) is 0.985. The number of rotatable bonds is 5. The van der Waals surface area contributed by atoms with Crippen molar-refractivity contribution in [2.45, 2.75) is 25.8 Å². The number of nitrogens with one attached hydrogen (secondary N) is 1. The lowest BCUT2D eigenvalue weighted by Crippen LogP contribution is -2.17. The Labute approximate surface area is 98.2 Å². The Kier molecular flexibility index (Phi) is 3.27. The molecule has 1 aromatic carbocycles. The number of carbonyl (C=O) groups excluding carboxylic acids is 1. The van der Waals surface area contributed by atoms with Gasteiger partial charge in [-0.1, -0.05) is 12.1 Å². The van der Waals surface area contributed by atoms with Gasteiger partial charge in [-0.25, -0.2) is 4.79 Å². The van der Waals surface area contributed by atoms with Crippen LogP contribution >= 0.6 is 0 Å². The van der Waals surface area contributed by atoms with E-state index in [0.717, 1.165) is 17.5 Å². The molecule has 5 heteroatoms. The number of para-hydroxylation sites is 2. The summed E-state index contributed by atoms with van der Waals surface area (Å²) in [5.41, 5.74) is 6.69. The molecule has 1 amide bonds. The summed E-state index contributed by atoms with van der Waals surface area (Å²) < 4.78 is 1.69. The van der Waals surface area contributed by atoms with Crippen molar-refractivity contribution in [3.05, 3.63) is 34.7 Å². The molecule has 0 aliphatic rings. The smallest absolute Gasteiger partial charge is 0.326 e. The largest absolute Gasteiger partial charge is 0.370 e. The quantitative estimate of drug-likeness (QED) is 0.755. The van der Waals surface area contributed by atoms with Crippen molar-refractivity contribution in [1.82, 2.24) is 9.55 Å². The van der Waals surface area contributed by atoms with Crippen LogP contribution in [0.3, 0.4) is 0 Å². The van der Waals surface area contributed by atoms with E-state index in [4.69, 9.17) is 5.73 Å². The summed E-state index contributed by atoms with van der Waals surface area (Å²) in [7, 11) is 0. The Balaban J connectivity index is 2.10. The van der Waals surface area contributed by atoms with Crippen molar-refractivity contribution in [2.75, 3.05) is 0 Å². The van der Waals surface area contributed by atoms with Crippen LogP contribution in [-0.4, -0.2) is 15.5 Å². The molecule has 1 heterocycles. The first-order valence-corrected chi connectivity index (χ1v) is 5.64. The van der Waals surface area contributed by atoms with Crippen LogP contribution in [0.1, 0.15) is 19.3 Å². The Morgan fingerprint density at radius 3 is 2.82 bits per heavy atom. The maximum atomic E-state index is 11.7. The number of aromatic nitrogens is 2. The monoisotopic (exact) mass is 233 g/mol. The van der Waals surface area contributed by atoms with Crippen LogP contribution in [0.15, 0.2) is 29.1 Å². The number of carbonyl (C=O) groups is 1. The van der Waals surface area contributed by atoms with E-state index >= 15 is 0 Å². The number of unbranched alkanes of at least 4 members (excludes halogenated alkanes) is 1. The molecule has 1 aromatic heterocycles. The van der Waals surface area contributed by atoms with Gasteiger partial charge in [-0.3, -0.25) is 9.36 Å². The molecule has 2 aromatic rings. The van der Waals surface area contributed by atoms with E-state index in [9.17, 15) is 9.59 Å². The standard InChI is InChI=1S/C12H15N3O2/c13-11(16)7-3-4-8-15-10-6-2-1-5-9(10)14-12(15)17/h1-2,5-6H,3-4,7-8H2,(H2,13,16)(H,14,17). The fraction of sp³-hybridized carbons (Fsp3) is 0.333. The molecule has 0 saturated heterocycles. The Hall–Kier alpha value is -2.04. The van der Waals surface area contributed by atoms with Gasteiger partial charge in [0, 0.05) is 13.0 Å². The second-order valence-corrected chi connectivity index (χ2v) is 4.02. The molecule has 0 bridgehead atoms. The van der Waals surface area contributed by atoms with E-state index in [2.05, 4.69) is 4.98 Å². The first-order chi connectivity index (χ1) is 8.18. The highest BCUT2D eigenvalue weighted by atomic mass is 16.1. The van der Waals surface area contributed by atoms with Gasteiger partial charge in [0.25, 0.3) is 0 Å². The zero-order valence-corrected chi connectivity index (χ0v) is 9.48. The summed E-state index contributed by atoms with van der Waals surface area (Å²) in [6.07, 6.45) is 1.85. The summed E-state index contributed by atoms with van der Waals surface area (Å²) in [6.45, 7) is 0.607. The Bertz CT molecular complexity index is 583. The van der Waals surface area contributed by atoms with Crippen LogP contribution in [0.25, 0.3) is 11.0 Å². The molecule has 0 aliphatic carbocycles. The maximum Gasteiger partial charge on any atom is 0.326 e. The van der Waals surface area contributed by atoms with E-state index in [-0.39, 0.29) is 11.6 Å². The number of hydrogen-bond donors (Lipinski definition) is 2. The van der Waals surface area contributed by atoms with Crippen LogP contribution in [-0.2, 0) is 11.3 Å². The van der Waals surface area contributed by atoms with Crippen molar-refractivity contribution in [2.24, 2.45) is 5.73 Å². The fourth-order valence-electron chi connectivity index (χ4n) is 1.90. The summed E-state index contributed by atoms with van der Waals surface area (Å²) in [4.78, 5) is 25.1. The van der Waals surface area contributed by atoms with Crippen molar-refractivity contribution in [3.63, 3.8) is 0 Å². The number of aromatic amines is 1. The number of hydrogen-bond acceptors (Lipinski definition) is 2. The number of benzene rings is 1. The number of amides is 1. The van der Waals surface area contributed by atoms with Gasteiger partial charge in [0.15, 0.2) is 0 Å². The number of imidazole rings is 1. The van der Waals surface area contributed by atoms with Crippen LogP contribution in [0, 0.1) is 0 Å². The van der Waals surface area contributed by atoms with E-state index in [1.54, 1.807) is 4.57 Å². The average molecular weight is 233 g/mol. The Morgan fingerprint density at radius 2 is 2.06 bits per heavy atom. The molecule has 0 unspecified atom stereocenters. The number of fused-ring (bicyclic) bond motifs is 1. The normalized spacial score (nSPS) is 10.8. The molecule has 2 rings (SSSR count). The topological polar surface area (TPSA) is 80.9 Å². The number of aryl methyl sites for hydroxylation is 1. The molecule has 0 fully saturated rings. The number of nitrogens with zero attached hydrogens (tertiary/aromatic N) is 1. The fourth-order valence-corrected chi connectivity index (χ4v) is 1.90. The van der Waals surface area contributed by atoms with E-state index in [1.807, 2.05) is 24.3 Å². The number of nitrogens with two attached hydrogens (primary N) is 1. The lowest BCUT2D eigenvalue weighted by Gasteiger charge is -2.02. The molecule has 0 radical (unpaired) electrons. The van der Waals surface area contributed by atoms with Crippen LogP contribution in [0.4, 0.5) is 0 Å². The van der Waals surface area contributed by atoms with Crippen LogP contribution < -0.4 is 11.4 Å². The molecule has 0 spiro atoms. The van der Waals surface area contributed by atoms with E-state index < -0.39 is 0 Å². The molecule has 90 valence electrons. The second kappa shape index (κ2) is 4.86. The first-order valence-electron chi connectivity index (χ1n) is 5.64. The molecule has 0 atom stereocenters. The summed E-state index contributed by atoms with van der Waals surface area (Å²) >= 11 is 0. The van der Waals surface area contributed by atoms with Gasteiger partial charge >= 0.3 is 5.69 Å². The lowest BCUT2D eigenvalue weighted by molar-refractivity contribution is -0.118. The SMILES string of the molecule is NC(=O)CCCCn1c(=O)[nH]c2ccccc21. The average Bonchev–Trinajstić information content (AvgIpc) is 2.60. The van der Waals surface area contributed by atoms with E-state index in [1.165, 1.54) is 0 Å². The third kappa shape index (κ3) is 2.55. The third-order valence-corrected chi connectivity index (χ3v) is 2.74. The van der Waals surface area contributed by atoms with Gasteiger partial charge in [-0.15, -0.1) is 0 Å². The van der Waals surface area contributed by atoms with Gasteiger partial charge in [0.05, 0.1) is 11.0 Å². The van der Waals surface area contributed by atoms with Gasteiger partial charge in [-0.2, -0.15) is 0 Å². The van der Waals surface area contributed by atoms with Crippen LogP contribution in [0.5, 0.6) is 0 Å². The third-order valence-electron chi connectivity index (χ3n) is 2.74.